The average molecular weight is 334 g/mol. The zero-order valence-corrected chi connectivity index (χ0v) is 14.4. The van der Waals surface area contributed by atoms with Crippen molar-refractivity contribution in [3.05, 3.63) is 54.6 Å². The van der Waals surface area contributed by atoms with Gasteiger partial charge >= 0.3 is 0 Å². The lowest BCUT2D eigenvalue weighted by atomic mass is 9.93. The second kappa shape index (κ2) is 7.01. The molecule has 4 rings (SSSR count). The number of hydrogen-bond acceptors (Lipinski definition) is 5. The zero-order chi connectivity index (χ0) is 17.1. The molecule has 6 heteroatoms. The molecule has 0 aliphatic carbocycles. The summed E-state index contributed by atoms with van der Waals surface area (Å²) in [5, 5.41) is 17.0. The number of piperidine rings is 1. The molecule has 0 spiro atoms. The van der Waals surface area contributed by atoms with Crippen LogP contribution in [0.2, 0.25) is 0 Å². The Labute approximate surface area is 147 Å². The topological polar surface area (TPSA) is 59.7 Å². The number of aryl methyl sites for hydroxylation is 1. The molecule has 0 amide bonds. The van der Waals surface area contributed by atoms with E-state index in [0.29, 0.717) is 5.92 Å². The van der Waals surface area contributed by atoms with Crippen LogP contribution in [0.3, 0.4) is 0 Å². The highest BCUT2D eigenvalue weighted by molar-refractivity contribution is 5.59. The van der Waals surface area contributed by atoms with Gasteiger partial charge in [0.05, 0.1) is 5.69 Å². The maximum Gasteiger partial charge on any atom is 0.151 e. The smallest absolute Gasteiger partial charge is 0.151 e. The van der Waals surface area contributed by atoms with Crippen molar-refractivity contribution in [2.24, 2.45) is 13.0 Å². The summed E-state index contributed by atoms with van der Waals surface area (Å²) in [5.41, 5.74) is 2.02. The summed E-state index contributed by atoms with van der Waals surface area (Å²) in [4.78, 5) is 2.33. The third kappa shape index (κ3) is 3.52. The van der Waals surface area contributed by atoms with E-state index in [1.165, 1.54) is 0 Å². The Bertz CT molecular complexity index is 803. The molecule has 0 saturated carbocycles. The van der Waals surface area contributed by atoms with Crippen LogP contribution < -0.4 is 4.90 Å². The molecule has 128 valence electrons. The highest BCUT2D eigenvalue weighted by Gasteiger charge is 2.22. The van der Waals surface area contributed by atoms with Crippen molar-refractivity contribution >= 4 is 5.82 Å². The fourth-order valence-electron chi connectivity index (χ4n) is 3.37. The minimum Gasteiger partial charge on any atom is -0.355 e. The normalized spacial score (nSPS) is 15.5. The summed E-state index contributed by atoms with van der Waals surface area (Å²) in [6.07, 6.45) is 5.07. The molecule has 3 heterocycles. The minimum atomic E-state index is 0.663. The molecule has 2 aromatic heterocycles. The summed E-state index contributed by atoms with van der Waals surface area (Å²) in [5.74, 6) is 2.71. The van der Waals surface area contributed by atoms with Crippen LogP contribution >= 0.6 is 0 Å². The molecule has 0 N–H and O–H groups in total. The van der Waals surface area contributed by atoms with Crippen molar-refractivity contribution in [1.82, 2.24) is 25.0 Å². The van der Waals surface area contributed by atoms with E-state index in [4.69, 9.17) is 0 Å². The first-order valence-corrected chi connectivity index (χ1v) is 8.76. The minimum absolute atomic E-state index is 0.663. The number of anilines is 1. The molecule has 25 heavy (non-hydrogen) atoms. The predicted molar refractivity (Wildman–Crippen MR) is 97.1 cm³/mol. The molecule has 0 unspecified atom stereocenters. The van der Waals surface area contributed by atoms with Gasteiger partial charge in [-0.3, -0.25) is 0 Å². The Hall–Kier alpha value is -2.76. The molecule has 1 aliphatic heterocycles. The summed E-state index contributed by atoms with van der Waals surface area (Å²) >= 11 is 0. The van der Waals surface area contributed by atoms with Crippen molar-refractivity contribution in [1.29, 1.82) is 0 Å². The SMILES string of the molecule is Cn1cnnc1CC1CCN(c2ccc(-c3ccccc3)nn2)CC1. The van der Waals surface area contributed by atoms with Crippen molar-refractivity contribution in [3.63, 3.8) is 0 Å². The van der Waals surface area contributed by atoms with E-state index in [9.17, 15) is 0 Å². The Morgan fingerprint density at radius 3 is 2.40 bits per heavy atom. The van der Waals surface area contributed by atoms with E-state index >= 15 is 0 Å². The largest absolute Gasteiger partial charge is 0.355 e. The van der Waals surface area contributed by atoms with Crippen LogP contribution in [0.5, 0.6) is 0 Å². The Morgan fingerprint density at radius 2 is 1.76 bits per heavy atom. The second-order valence-electron chi connectivity index (χ2n) is 6.64. The van der Waals surface area contributed by atoms with E-state index in [-0.39, 0.29) is 0 Å². The highest BCUT2D eigenvalue weighted by Crippen LogP contribution is 2.25. The second-order valence-corrected chi connectivity index (χ2v) is 6.64. The maximum absolute atomic E-state index is 4.44. The van der Waals surface area contributed by atoms with Crippen molar-refractivity contribution < 1.29 is 0 Å². The van der Waals surface area contributed by atoms with Gasteiger partial charge in [0, 0.05) is 32.1 Å². The summed E-state index contributed by atoms with van der Waals surface area (Å²) in [6, 6.07) is 14.3. The van der Waals surface area contributed by atoms with Gasteiger partial charge in [-0.2, -0.15) is 0 Å². The standard InChI is InChI=1S/C19H22N6/c1-24-14-20-22-19(24)13-15-9-11-25(12-10-15)18-8-7-17(21-23-18)16-5-3-2-4-6-16/h2-8,14-15H,9-13H2,1H3. The van der Waals surface area contributed by atoms with Gasteiger partial charge in [0.25, 0.3) is 0 Å². The third-order valence-corrected chi connectivity index (χ3v) is 4.93. The van der Waals surface area contributed by atoms with Crippen LogP contribution in [0.1, 0.15) is 18.7 Å². The van der Waals surface area contributed by atoms with E-state index < -0.39 is 0 Å². The van der Waals surface area contributed by atoms with Gasteiger partial charge in [-0.1, -0.05) is 30.3 Å². The Kier molecular flexibility index (Phi) is 4.41. The van der Waals surface area contributed by atoms with Crippen molar-refractivity contribution in [3.8, 4) is 11.3 Å². The molecule has 0 radical (unpaired) electrons. The molecular weight excluding hydrogens is 312 g/mol. The van der Waals surface area contributed by atoms with Gasteiger partial charge in [0.15, 0.2) is 5.82 Å². The van der Waals surface area contributed by atoms with Crippen LogP contribution in [-0.2, 0) is 13.5 Å². The van der Waals surface area contributed by atoms with Gasteiger partial charge in [0.1, 0.15) is 12.2 Å². The summed E-state index contributed by atoms with van der Waals surface area (Å²) in [6.45, 7) is 2.03. The molecule has 6 nitrogen and oxygen atoms in total. The predicted octanol–water partition coefficient (Wildman–Crippen LogP) is 2.73. The molecule has 0 atom stereocenters. The lowest BCUT2D eigenvalue weighted by Crippen LogP contribution is -2.35. The van der Waals surface area contributed by atoms with Gasteiger partial charge < -0.3 is 9.47 Å². The summed E-state index contributed by atoms with van der Waals surface area (Å²) in [7, 11) is 2.01. The third-order valence-electron chi connectivity index (χ3n) is 4.93. The lowest BCUT2D eigenvalue weighted by molar-refractivity contribution is 0.391. The quantitative estimate of drug-likeness (QED) is 0.734. The van der Waals surface area contributed by atoms with E-state index in [1.807, 2.05) is 29.8 Å². The van der Waals surface area contributed by atoms with Crippen LogP contribution in [0.25, 0.3) is 11.3 Å². The Balaban J connectivity index is 1.37. The van der Waals surface area contributed by atoms with Crippen LogP contribution in [0, 0.1) is 5.92 Å². The molecule has 3 aromatic rings. The molecule has 1 fully saturated rings. The van der Waals surface area contributed by atoms with Gasteiger partial charge in [0.2, 0.25) is 0 Å². The molecule has 1 aromatic carbocycles. The number of benzene rings is 1. The van der Waals surface area contributed by atoms with Crippen molar-refractivity contribution in [2.75, 3.05) is 18.0 Å². The number of rotatable bonds is 4. The van der Waals surface area contributed by atoms with Crippen LogP contribution in [0.15, 0.2) is 48.8 Å². The van der Waals surface area contributed by atoms with Crippen LogP contribution in [-0.4, -0.2) is 38.1 Å². The van der Waals surface area contributed by atoms with Gasteiger partial charge in [-0.05, 0) is 30.9 Å². The van der Waals surface area contributed by atoms with Gasteiger partial charge in [-0.15, -0.1) is 20.4 Å². The maximum atomic E-state index is 4.44. The highest BCUT2D eigenvalue weighted by atomic mass is 15.3. The first kappa shape index (κ1) is 15.7. The lowest BCUT2D eigenvalue weighted by Gasteiger charge is -2.32. The van der Waals surface area contributed by atoms with E-state index in [2.05, 4.69) is 49.6 Å². The molecular formula is C19H22N6. The fourth-order valence-corrected chi connectivity index (χ4v) is 3.37. The molecule has 1 saturated heterocycles. The zero-order valence-electron chi connectivity index (χ0n) is 14.4. The first-order valence-electron chi connectivity index (χ1n) is 8.76. The number of nitrogens with zero attached hydrogens (tertiary/aromatic N) is 6. The molecule has 0 bridgehead atoms. The van der Waals surface area contributed by atoms with Crippen molar-refractivity contribution in [2.45, 2.75) is 19.3 Å². The molecule has 1 aliphatic rings. The van der Waals surface area contributed by atoms with Gasteiger partial charge in [-0.25, -0.2) is 0 Å². The monoisotopic (exact) mass is 334 g/mol. The fraction of sp³-hybridized carbons (Fsp3) is 0.368. The number of hydrogen-bond donors (Lipinski definition) is 0. The van der Waals surface area contributed by atoms with E-state index in [1.54, 1.807) is 6.33 Å². The van der Waals surface area contributed by atoms with E-state index in [0.717, 1.165) is 55.3 Å². The first-order chi connectivity index (χ1) is 12.3. The average Bonchev–Trinajstić information content (AvgIpc) is 3.08. The Morgan fingerprint density at radius 1 is 0.960 bits per heavy atom. The van der Waals surface area contributed by atoms with Crippen LogP contribution in [0.4, 0.5) is 5.82 Å². The number of aromatic nitrogens is 5. The summed E-state index contributed by atoms with van der Waals surface area (Å²) < 4.78 is 2.01.